The van der Waals surface area contributed by atoms with E-state index in [1.54, 1.807) is 4.57 Å². The summed E-state index contributed by atoms with van der Waals surface area (Å²) < 4.78 is 53.1. The molecule has 0 fully saturated rings. The first kappa shape index (κ1) is 23.3. The average molecular weight is 659 g/mol. The van der Waals surface area contributed by atoms with Crippen LogP contribution < -0.4 is 0 Å². The summed E-state index contributed by atoms with van der Waals surface area (Å²) in [7, 11) is 0. The van der Waals surface area contributed by atoms with Crippen LogP contribution in [-0.2, 0) is 0 Å². The molecule has 0 aliphatic heterocycles. The molecule has 0 saturated carbocycles. The molecule has 0 unspecified atom stereocenters. The van der Waals surface area contributed by atoms with Crippen LogP contribution in [0, 0.1) is 0 Å². The molecule has 0 N–H and O–H groups in total. The van der Waals surface area contributed by atoms with Crippen molar-refractivity contribution in [3.05, 3.63) is 164 Å². The Hall–Kier alpha value is -7.05. The van der Waals surface area contributed by atoms with Crippen LogP contribution in [0.2, 0.25) is 0 Å². The van der Waals surface area contributed by atoms with Gasteiger partial charge in [-0.2, -0.15) is 9.97 Å². The van der Waals surface area contributed by atoms with Crippen molar-refractivity contribution in [1.82, 2.24) is 24.1 Å². The van der Waals surface area contributed by atoms with Crippen LogP contribution in [0.25, 0.3) is 100.0 Å². The molecule has 11 rings (SSSR count). The molecule has 11 aromatic rings. The van der Waals surface area contributed by atoms with Crippen LogP contribution in [-0.4, -0.2) is 24.1 Å². The zero-order valence-corrected chi connectivity index (χ0v) is 26.8. The number of benzene rings is 7. The van der Waals surface area contributed by atoms with Gasteiger partial charge in [0.05, 0.1) is 28.9 Å². The van der Waals surface area contributed by atoms with E-state index in [0.29, 0.717) is 23.1 Å². The molecule has 0 aliphatic carbocycles. The fourth-order valence-corrected chi connectivity index (χ4v) is 7.50. The monoisotopic (exact) mass is 658 g/mol. The molecule has 4 aromatic heterocycles. The zero-order chi connectivity index (χ0) is 37.8. The molecule has 0 radical (unpaired) electrons. The zero-order valence-electron chi connectivity index (χ0n) is 31.8. The highest BCUT2D eigenvalue weighted by Crippen LogP contribution is 2.42. The van der Waals surface area contributed by atoms with E-state index in [-0.39, 0.29) is 29.9 Å². The summed E-state index contributed by atoms with van der Waals surface area (Å²) >= 11 is 0. The smallest absolute Gasteiger partial charge is 0.238 e. The number of nitrogens with zero attached hydrogens (tertiary/aromatic N) is 5. The van der Waals surface area contributed by atoms with E-state index in [4.69, 9.17) is 26.2 Å². The maximum atomic E-state index is 8.90. The highest BCUT2D eigenvalue weighted by molar-refractivity contribution is 6.28. The summed E-state index contributed by atoms with van der Waals surface area (Å²) in [5.41, 5.74) is 6.41. The molecule has 6 heteroatoms. The molecule has 4 heterocycles. The molecule has 51 heavy (non-hydrogen) atoms. The summed E-state index contributed by atoms with van der Waals surface area (Å²) in [4.78, 5) is 15.3. The lowest BCUT2D eigenvalue weighted by Gasteiger charge is -2.11. The third kappa shape index (κ3) is 4.14. The fraction of sp³-hybridized carbons (Fsp3) is 0. The summed E-state index contributed by atoms with van der Waals surface area (Å²) in [6.45, 7) is 0. The van der Waals surface area contributed by atoms with E-state index >= 15 is 0 Å². The Morgan fingerprint density at radius 1 is 0.451 bits per heavy atom. The number of rotatable bonds is 4. The van der Waals surface area contributed by atoms with Gasteiger partial charge >= 0.3 is 0 Å². The third-order valence-electron chi connectivity index (χ3n) is 9.67. The van der Waals surface area contributed by atoms with Crippen molar-refractivity contribution in [2.24, 2.45) is 0 Å². The van der Waals surface area contributed by atoms with Crippen molar-refractivity contribution in [2.75, 3.05) is 0 Å². The van der Waals surface area contributed by atoms with Crippen molar-refractivity contribution in [2.45, 2.75) is 0 Å². The third-order valence-corrected chi connectivity index (χ3v) is 9.67. The van der Waals surface area contributed by atoms with E-state index in [9.17, 15) is 0 Å². The van der Waals surface area contributed by atoms with Crippen LogP contribution in [0.3, 0.4) is 0 Å². The summed E-state index contributed by atoms with van der Waals surface area (Å²) in [6, 6.07) is 41.9. The van der Waals surface area contributed by atoms with Gasteiger partial charge in [-0.1, -0.05) is 109 Å². The molecular formula is C45H27N5O. The lowest BCUT2D eigenvalue weighted by Crippen LogP contribution is -2.06. The lowest BCUT2D eigenvalue weighted by atomic mass is 10.1. The number of hydrogen-bond acceptors (Lipinski definition) is 4. The minimum absolute atomic E-state index is 0.0984. The Kier molecular flexibility index (Phi) is 4.91. The number of para-hydroxylation sites is 4. The second-order valence-electron chi connectivity index (χ2n) is 12.5. The Morgan fingerprint density at radius 3 is 1.78 bits per heavy atom. The van der Waals surface area contributed by atoms with Gasteiger partial charge in [-0.25, -0.2) is 4.98 Å². The molecule has 0 saturated heterocycles. The molecule has 238 valence electrons. The summed E-state index contributed by atoms with van der Waals surface area (Å²) in [5, 5.41) is 5.68. The van der Waals surface area contributed by atoms with Gasteiger partial charge in [0.1, 0.15) is 11.2 Å². The van der Waals surface area contributed by atoms with Crippen molar-refractivity contribution < 1.29 is 11.3 Å². The summed E-state index contributed by atoms with van der Waals surface area (Å²) in [6.07, 6.45) is 0. The van der Waals surface area contributed by atoms with E-state index in [0.717, 1.165) is 71.2 Å². The van der Waals surface area contributed by atoms with E-state index in [1.807, 2.05) is 121 Å². The van der Waals surface area contributed by atoms with E-state index in [1.165, 1.54) is 0 Å². The Balaban J connectivity index is 1.22. The molecular weight excluding hydrogens is 627 g/mol. The molecule has 6 nitrogen and oxygen atoms in total. The molecule has 0 amide bonds. The molecule has 0 atom stereocenters. The number of fused-ring (bicyclic) bond motifs is 10. The van der Waals surface area contributed by atoms with Crippen molar-refractivity contribution >= 4 is 65.6 Å². The Labute approximate surface area is 298 Å². The van der Waals surface area contributed by atoms with Crippen LogP contribution in [0.15, 0.2) is 168 Å². The van der Waals surface area contributed by atoms with Crippen LogP contribution in [0.4, 0.5) is 0 Å². The fourth-order valence-electron chi connectivity index (χ4n) is 7.50. The van der Waals surface area contributed by atoms with Crippen LogP contribution in [0.1, 0.15) is 6.85 Å². The quantitative estimate of drug-likeness (QED) is 0.189. The minimum atomic E-state index is -0.431. The van der Waals surface area contributed by atoms with Gasteiger partial charge in [0.25, 0.3) is 0 Å². The highest BCUT2D eigenvalue weighted by Gasteiger charge is 2.22. The number of aromatic nitrogens is 5. The minimum Gasteiger partial charge on any atom is -0.456 e. The second kappa shape index (κ2) is 10.7. The normalized spacial score (nSPS) is 13.3. The van der Waals surface area contributed by atoms with Gasteiger partial charge in [-0.05, 0) is 54.5 Å². The van der Waals surface area contributed by atoms with E-state index in [2.05, 4.69) is 16.7 Å². The number of hydrogen-bond donors (Lipinski definition) is 0. The second-order valence-corrected chi connectivity index (χ2v) is 12.5. The first-order valence-corrected chi connectivity index (χ1v) is 16.6. The SMILES string of the molecule is [2H]c1c([2H])c([2H])c(-n2c3ccccc3c3c4c5ccccc5n(-c5nc(-c6ccccc6)nc(-c6ccc7c(c6)oc6ccccc67)n5)c4ccc32)c([2H])c1[2H]. The van der Waals surface area contributed by atoms with Crippen LogP contribution >= 0.6 is 0 Å². The Bertz CT molecular complexity index is 3410. The lowest BCUT2D eigenvalue weighted by molar-refractivity contribution is 0.669. The molecule has 0 spiro atoms. The van der Waals surface area contributed by atoms with Gasteiger partial charge in [-0.15, -0.1) is 0 Å². The van der Waals surface area contributed by atoms with Gasteiger partial charge < -0.3 is 8.98 Å². The van der Waals surface area contributed by atoms with Crippen molar-refractivity contribution in [1.29, 1.82) is 0 Å². The van der Waals surface area contributed by atoms with Crippen molar-refractivity contribution in [3.63, 3.8) is 0 Å². The molecule has 7 aromatic carbocycles. The van der Waals surface area contributed by atoms with Crippen LogP contribution in [0.5, 0.6) is 0 Å². The maximum absolute atomic E-state index is 8.90. The van der Waals surface area contributed by atoms with Crippen molar-refractivity contribution in [3.8, 4) is 34.4 Å². The highest BCUT2D eigenvalue weighted by atomic mass is 16.3. The summed E-state index contributed by atoms with van der Waals surface area (Å²) in [5.74, 6) is 1.43. The molecule has 0 bridgehead atoms. The predicted octanol–water partition coefficient (Wildman–Crippen LogP) is 11.3. The molecule has 0 aliphatic rings. The average Bonchev–Trinajstić information content (AvgIpc) is 3.90. The van der Waals surface area contributed by atoms with E-state index < -0.39 is 6.04 Å². The van der Waals surface area contributed by atoms with Gasteiger partial charge in [0.15, 0.2) is 11.6 Å². The maximum Gasteiger partial charge on any atom is 0.238 e. The van der Waals surface area contributed by atoms with Gasteiger partial charge in [0, 0.05) is 49.1 Å². The topological polar surface area (TPSA) is 61.7 Å². The standard InChI is InChI=1S/C45H27N5O/c1-3-13-28(14-4-1)43-46-44(29-23-24-32-31-17-9-12-22-39(31)51-40(32)27-29)48-45(47-43)50-36-21-11-8-19-34(36)42-38(50)26-25-37-41(42)33-18-7-10-20-35(33)49(37)30-15-5-2-6-16-30/h1-27H/i2D,5D,6D,15D,16D. The number of furan rings is 1. The Morgan fingerprint density at radius 2 is 1.04 bits per heavy atom. The predicted molar refractivity (Wildman–Crippen MR) is 207 cm³/mol. The van der Waals surface area contributed by atoms with Gasteiger partial charge in [0.2, 0.25) is 5.95 Å². The van der Waals surface area contributed by atoms with Gasteiger partial charge in [-0.3, -0.25) is 4.57 Å². The largest absolute Gasteiger partial charge is 0.456 e. The first-order chi connectivity index (χ1) is 27.4. The first-order valence-electron chi connectivity index (χ1n) is 19.1.